The normalized spacial score (nSPS) is 40.7. The smallest absolute Gasteiger partial charge is 0.192 e. The van der Waals surface area contributed by atoms with Crippen LogP contribution in [0.2, 0.25) is 18.1 Å². The van der Waals surface area contributed by atoms with Gasteiger partial charge in [0.15, 0.2) is 20.9 Å². The molecule has 0 radical (unpaired) electrons. The highest BCUT2D eigenvalue weighted by Crippen LogP contribution is 2.37. The van der Waals surface area contributed by atoms with Crippen LogP contribution in [-0.4, -0.2) is 111 Å². The highest BCUT2D eigenvalue weighted by molar-refractivity contribution is 6.74. The van der Waals surface area contributed by atoms with Gasteiger partial charge < -0.3 is 55.3 Å². The molecule has 2 fully saturated rings. The Labute approximate surface area is 197 Å². The molecule has 0 aromatic carbocycles. The summed E-state index contributed by atoms with van der Waals surface area (Å²) in [5.74, 6) is -1.47. The zero-order valence-electron chi connectivity index (χ0n) is 20.6. The maximum absolute atomic E-state index is 10.7. The van der Waals surface area contributed by atoms with Gasteiger partial charge in [-0.05, 0) is 18.1 Å². The number of aliphatic hydroxyl groups excluding tert-OH is 4. The van der Waals surface area contributed by atoms with Crippen LogP contribution in [0, 0.1) is 11.8 Å². The van der Waals surface area contributed by atoms with Crippen LogP contribution in [-0.2, 0) is 23.4 Å². The van der Waals surface area contributed by atoms with E-state index in [-0.39, 0.29) is 24.9 Å². The first-order chi connectivity index (χ1) is 15.3. The molecular formula is C21H44N2O9Si. The summed E-state index contributed by atoms with van der Waals surface area (Å²) in [4.78, 5) is 0. The van der Waals surface area contributed by atoms with Crippen LogP contribution >= 0.6 is 0 Å². The Morgan fingerprint density at radius 1 is 0.848 bits per heavy atom. The number of hydrogen-bond acceptors (Lipinski definition) is 11. The second kappa shape index (κ2) is 11.7. The SMILES string of the molecule is CO[C@H]1O[C@H](CO[C@H]2O[C@H](CO[Si](C)(C)C(C)(C)C)[C@H](N)[C@@H](O)[C@@H]2CO)[C@H](N)[C@@H](O)[C@@H]1CO. The molecule has 0 saturated carbocycles. The molecule has 2 saturated heterocycles. The Balaban J connectivity index is 2.06. The van der Waals surface area contributed by atoms with Crippen molar-refractivity contribution in [2.45, 2.75) is 88.0 Å². The second-order valence-corrected chi connectivity index (χ2v) is 15.4. The Morgan fingerprint density at radius 3 is 1.76 bits per heavy atom. The summed E-state index contributed by atoms with van der Waals surface area (Å²) in [6.07, 6.45) is -5.37. The van der Waals surface area contributed by atoms with Crippen molar-refractivity contribution in [2.75, 3.05) is 33.5 Å². The van der Waals surface area contributed by atoms with Crippen molar-refractivity contribution in [3.05, 3.63) is 0 Å². The number of ether oxygens (including phenoxy) is 4. The summed E-state index contributed by atoms with van der Waals surface area (Å²) >= 11 is 0. The summed E-state index contributed by atoms with van der Waals surface area (Å²) < 4.78 is 29.1. The predicted octanol–water partition coefficient (Wildman–Crippen LogP) is -1.29. The first-order valence-corrected chi connectivity index (χ1v) is 14.4. The van der Waals surface area contributed by atoms with E-state index in [9.17, 15) is 20.4 Å². The van der Waals surface area contributed by atoms with Crippen LogP contribution < -0.4 is 11.5 Å². The zero-order valence-corrected chi connectivity index (χ0v) is 21.6. The molecule has 0 aliphatic carbocycles. The van der Waals surface area contributed by atoms with Crippen molar-refractivity contribution in [3.8, 4) is 0 Å². The Kier molecular flexibility index (Phi) is 10.3. The van der Waals surface area contributed by atoms with Crippen LogP contribution in [0.3, 0.4) is 0 Å². The largest absolute Gasteiger partial charge is 0.414 e. The number of methoxy groups -OCH3 is 1. The first-order valence-electron chi connectivity index (χ1n) is 11.5. The van der Waals surface area contributed by atoms with Gasteiger partial charge in [-0.25, -0.2) is 0 Å². The second-order valence-electron chi connectivity index (χ2n) is 10.6. The fourth-order valence-electron chi connectivity index (χ4n) is 3.84. The maximum atomic E-state index is 10.7. The molecule has 12 heteroatoms. The highest BCUT2D eigenvalue weighted by Gasteiger charge is 2.47. The molecule has 10 atom stereocenters. The average Bonchev–Trinajstić information content (AvgIpc) is 2.75. The first kappa shape index (κ1) is 29.0. The van der Waals surface area contributed by atoms with Crippen molar-refractivity contribution in [1.29, 1.82) is 0 Å². The molecule has 0 amide bonds. The molecule has 2 rings (SSSR count). The third kappa shape index (κ3) is 6.51. The van der Waals surface area contributed by atoms with E-state index >= 15 is 0 Å². The average molecular weight is 497 g/mol. The summed E-state index contributed by atoms with van der Waals surface area (Å²) in [5.41, 5.74) is 12.3. The number of hydrogen-bond donors (Lipinski definition) is 6. The lowest BCUT2D eigenvalue weighted by Crippen LogP contribution is -2.63. The minimum atomic E-state index is -2.08. The fourth-order valence-corrected chi connectivity index (χ4v) is 4.85. The lowest BCUT2D eigenvalue weighted by atomic mass is 9.89. The zero-order chi connectivity index (χ0) is 25.1. The molecule has 0 spiro atoms. The molecule has 2 aliphatic heterocycles. The minimum absolute atomic E-state index is 0.00642. The van der Waals surface area contributed by atoms with E-state index in [4.69, 9.17) is 34.8 Å². The van der Waals surface area contributed by atoms with Gasteiger partial charge in [-0.15, -0.1) is 0 Å². The van der Waals surface area contributed by atoms with Crippen molar-refractivity contribution in [2.24, 2.45) is 23.3 Å². The predicted molar refractivity (Wildman–Crippen MR) is 123 cm³/mol. The standard InChI is InChI=1S/C21H44N2O9Si/c1-21(2,3)33(5,6)30-10-14-16(23)18(27)12(8-25)20(32-14)29-9-13-15(22)17(26)11(7-24)19(28-4)31-13/h11-20,24-27H,7-10,22-23H2,1-6H3/t11-,12-,13+,14+,15-,16-,17-,18-,19-,20-/m0/s1. The lowest BCUT2D eigenvalue weighted by molar-refractivity contribution is -0.294. The van der Waals surface area contributed by atoms with E-state index < -0.39 is 75.8 Å². The summed E-state index contributed by atoms with van der Waals surface area (Å²) in [6.45, 7) is 9.95. The molecule has 33 heavy (non-hydrogen) atoms. The van der Waals surface area contributed by atoms with Gasteiger partial charge in [0.1, 0.15) is 12.2 Å². The molecule has 0 unspecified atom stereocenters. The van der Waals surface area contributed by atoms with Gasteiger partial charge in [-0.2, -0.15) is 0 Å². The van der Waals surface area contributed by atoms with Gasteiger partial charge in [0.25, 0.3) is 0 Å². The van der Waals surface area contributed by atoms with Gasteiger partial charge in [0, 0.05) is 7.11 Å². The van der Waals surface area contributed by atoms with E-state index in [2.05, 4.69) is 33.9 Å². The molecule has 196 valence electrons. The van der Waals surface area contributed by atoms with Crippen molar-refractivity contribution in [3.63, 3.8) is 0 Å². The van der Waals surface area contributed by atoms with E-state index in [1.807, 2.05) is 0 Å². The van der Waals surface area contributed by atoms with Gasteiger partial charge in [-0.3, -0.25) is 0 Å². The van der Waals surface area contributed by atoms with Gasteiger partial charge >= 0.3 is 0 Å². The number of rotatable bonds is 9. The summed E-state index contributed by atoms with van der Waals surface area (Å²) in [7, 11) is -0.670. The third-order valence-electron chi connectivity index (χ3n) is 7.33. The van der Waals surface area contributed by atoms with Gasteiger partial charge in [0.2, 0.25) is 0 Å². The molecule has 0 bridgehead atoms. The minimum Gasteiger partial charge on any atom is -0.414 e. The highest BCUT2D eigenvalue weighted by atomic mass is 28.4. The topological polar surface area (TPSA) is 179 Å². The number of nitrogens with two attached hydrogens (primary N) is 2. The molecule has 2 aliphatic rings. The number of aliphatic hydroxyl groups is 4. The fraction of sp³-hybridized carbons (Fsp3) is 1.00. The Bertz CT molecular complexity index is 607. The van der Waals surface area contributed by atoms with Crippen molar-refractivity contribution < 1.29 is 43.8 Å². The van der Waals surface area contributed by atoms with Gasteiger partial charge in [-0.1, -0.05) is 20.8 Å². The monoisotopic (exact) mass is 496 g/mol. The van der Waals surface area contributed by atoms with E-state index in [0.29, 0.717) is 0 Å². The molecule has 0 aromatic heterocycles. The third-order valence-corrected chi connectivity index (χ3v) is 11.8. The quantitative estimate of drug-likeness (QED) is 0.209. The van der Waals surface area contributed by atoms with E-state index in [1.165, 1.54) is 7.11 Å². The molecular weight excluding hydrogens is 452 g/mol. The molecule has 2 heterocycles. The van der Waals surface area contributed by atoms with Crippen LogP contribution in [0.5, 0.6) is 0 Å². The van der Waals surface area contributed by atoms with Crippen LogP contribution in [0.4, 0.5) is 0 Å². The van der Waals surface area contributed by atoms with E-state index in [1.54, 1.807) is 0 Å². The summed E-state index contributed by atoms with van der Waals surface area (Å²) in [6, 6.07) is -1.60. The lowest BCUT2D eigenvalue weighted by Gasteiger charge is -2.46. The Morgan fingerprint density at radius 2 is 1.30 bits per heavy atom. The molecule has 8 N–H and O–H groups in total. The van der Waals surface area contributed by atoms with E-state index in [0.717, 1.165) is 0 Å². The van der Waals surface area contributed by atoms with Crippen LogP contribution in [0.25, 0.3) is 0 Å². The van der Waals surface area contributed by atoms with Crippen molar-refractivity contribution in [1.82, 2.24) is 0 Å². The molecule has 0 aromatic rings. The van der Waals surface area contributed by atoms with Crippen molar-refractivity contribution >= 4 is 8.32 Å². The van der Waals surface area contributed by atoms with Crippen LogP contribution in [0.15, 0.2) is 0 Å². The molecule has 11 nitrogen and oxygen atoms in total. The van der Waals surface area contributed by atoms with Crippen LogP contribution in [0.1, 0.15) is 20.8 Å². The van der Waals surface area contributed by atoms with Gasteiger partial charge in [0.05, 0.1) is 62.6 Å². The summed E-state index contributed by atoms with van der Waals surface area (Å²) in [5, 5.41) is 40.5. The Hall–Kier alpha value is -0.223. The maximum Gasteiger partial charge on any atom is 0.192 e.